The van der Waals surface area contributed by atoms with E-state index in [1.165, 1.54) is 0 Å². The summed E-state index contributed by atoms with van der Waals surface area (Å²) >= 11 is 0. The molecule has 26 heavy (non-hydrogen) atoms. The number of nitrogens with one attached hydrogen (secondary N) is 3. The first-order valence-corrected chi connectivity index (χ1v) is 8.17. The Labute approximate surface area is 149 Å². The zero-order chi connectivity index (χ0) is 19.0. The standard InChI is InChI=1S/C17H22F3N5O/c1-3-21-16(23-10-14-6-7-24-25-14)22-9-13-5-4-12(2)8-15(13)26-11-17(18,19)20/h4-8H,3,9-11H2,1-2H3,(H,24,25)(H2,21,22,23). The Morgan fingerprint density at radius 1 is 1.27 bits per heavy atom. The lowest BCUT2D eigenvalue weighted by molar-refractivity contribution is -0.153. The highest BCUT2D eigenvalue weighted by molar-refractivity contribution is 5.79. The van der Waals surface area contributed by atoms with E-state index < -0.39 is 12.8 Å². The molecule has 142 valence electrons. The fourth-order valence-electron chi connectivity index (χ4n) is 2.15. The lowest BCUT2D eigenvalue weighted by Gasteiger charge is -2.14. The van der Waals surface area contributed by atoms with E-state index in [2.05, 4.69) is 25.8 Å². The third kappa shape index (κ3) is 6.66. The van der Waals surface area contributed by atoms with Gasteiger partial charge in [-0.25, -0.2) is 4.99 Å². The van der Waals surface area contributed by atoms with Crippen LogP contribution >= 0.6 is 0 Å². The maximum atomic E-state index is 12.4. The molecule has 3 N–H and O–H groups in total. The molecule has 2 rings (SSSR count). The van der Waals surface area contributed by atoms with Crippen LogP contribution in [-0.4, -0.2) is 35.5 Å². The first-order valence-electron chi connectivity index (χ1n) is 8.17. The molecule has 0 aliphatic carbocycles. The molecule has 1 heterocycles. The highest BCUT2D eigenvalue weighted by Crippen LogP contribution is 2.24. The van der Waals surface area contributed by atoms with Gasteiger partial charge in [0.05, 0.1) is 18.8 Å². The fraction of sp³-hybridized carbons (Fsp3) is 0.412. The molecule has 1 aromatic carbocycles. The van der Waals surface area contributed by atoms with Crippen LogP contribution in [0.15, 0.2) is 35.5 Å². The van der Waals surface area contributed by atoms with E-state index in [0.717, 1.165) is 11.3 Å². The molecule has 0 spiro atoms. The average molecular weight is 369 g/mol. The number of aliphatic imine (C=N–C) groups is 1. The Balaban J connectivity index is 2.06. The number of alkyl halides is 3. The molecule has 1 aromatic heterocycles. The molecule has 0 aliphatic heterocycles. The van der Waals surface area contributed by atoms with Crippen LogP contribution in [0.1, 0.15) is 23.7 Å². The summed E-state index contributed by atoms with van der Waals surface area (Å²) in [5.74, 6) is 0.736. The van der Waals surface area contributed by atoms with Gasteiger partial charge < -0.3 is 15.4 Å². The Hall–Kier alpha value is -2.71. The van der Waals surface area contributed by atoms with Crippen LogP contribution in [-0.2, 0) is 13.1 Å². The second kappa shape index (κ2) is 9.12. The summed E-state index contributed by atoms with van der Waals surface area (Å²) in [6.07, 6.45) is -2.73. The molecule has 2 aromatic rings. The maximum absolute atomic E-state index is 12.4. The van der Waals surface area contributed by atoms with E-state index in [0.29, 0.717) is 24.6 Å². The van der Waals surface area contributed by atoms with Gasteiger partial charge in [0.1, 0.15) is 5.75 Å². The third-order valence-electron chi connectivity index (χ3n) is 3.37. The van der Waals surface area contributed by atoms with Crippen LogP contribution in [0.2, 0.25) is 0 Å². The number of benzene rings is 1. The van der Waals surface area contributed by atoms with Crippen molar-refractivity contribution < 1.29 is 17.9 Å². The van der Waals surface area contributed by atoms with Gasteiger partial charge in [0.25, 0.3) is 0 Å². The van der Waals surface area contributed by atoms with Gasteiger partial charge in [0, 0.05) is 18.3 Å². The van der Waals surface area contributed by atoms with E-state index in [-0.39, 0.29) is 12.3 Å². The smallest absolute Gasteiger partial charge is 0.422 e. The molecular formula is C17H22F3N5O. The first-order chi connectivity index (χ1) is 12.4. The highest BCUT2D eigenvalue weighted by atomic mass is 19.4. The van der Waals surface area contributed by atoms with E-state index >= 15 is 0 Å². The summed E-state index contributed by atoms with van der Waals surface area (Å²) in [5, 5.41) is 12.9. The topological polar surface area (TPSA) is 74.3 Å². The molecular weight excluding hydrogens is 347 g/mol. The van der Waals surface area contributed by atoms with Crippen LogP contribution in [0.5, 0.6) is 5.75 Å². The fourth-order valence-corrected chi connectivity index (χ4v) is 2.15. The van der Waals surface area contributed by atoms with Crippen molar-refractivity contribution in [3.8, 4) is 5.75 Å². The van der Waals surface area contributed by atoms with Crippen LogP contribution in [0.4, 0.5) is 13.2 Å². The monoisotopic (exact) mass is 369 g/mol. The van der Waals surface area contributed by atoms with E-state index in [1.54, 1.807) is 25.3 Å². The zero-order valence-electron chi connectivity index (χ0n) is 14.7. The number of rotatable bonds is 7. The SMILES string of the molecule is CCNC(=NCc1ccc(C)cc1OCC(F)(F)F)NCc1ccn[nH]1. The van der Waals surface area contributed by atoms with Crippen molar-refractivity contribution >= 4 is 5.96 Å². The van der Waals surface area contributed by atoms with Gasteiger partial charge >= 0.3 is 6.18 Å². The largest absolute Gasteiger partial charge is 0.484 e. The Morgan fingerprint density at radius 2 is 2.08 bits per heavy atom. The predicted molar refractivity (Wildman–Crippen MR) is 93.0 cm³/mol. The molecule has 6 nitrogen and oxygen atoms in total. The Bertz CT molecular complexity index is 714. The van der Waals surface area contributed by atoms with Crippen molar-refractivity contribution in [3.05, 3.63) is 47.3 Å². The van der Waals surface area contributed by atoms with Crippen LogP contribution in [0.3, 0.4) is 0 Å². The molecule has 0 radical (unpaired) electrons. The molecule has 0 unspecified atom stereocenters. The lowest BCUT2D eigenvalue weighted by Crippen LogP contribution is -2.36. The number of ether oxygens (including phenoxy) is 1. The number of aromatic nitrogens is 2. The van der Waals surface area contributed by atoms with E-state index in [9.17, 15) is 13.2 Å². The van der Waals surface area contributed by atoms with Crippen molar-refractivity contribution in [1.29, 1.82) is 0 Å². The number of hydrogen-bond acceptors (Lipinski definition) is 3. The number of hydrogen-bond donors (Lipinski definition) is 3. The Kier molecular flexibility index (Phi) is 6.88. The second-order valence-corrected chi connectivity index (χ2v) is 5.65. The molecule has 0 amide bonds. The molecule has 0 saturated carbocycles. The van der Waals surface area contributed by atoms with Crippen molar-refractivity contribution in [2.75, 3.05) is 13.2 Å². The maximum Gasteiger partial charge on any atom is 0.422 e. The predicted octanol–water partition coefficient (Wildman–Crippen LogP) is 2.91. The summed E-state index contributed by atoms with van der Waals surface area (Å²) in [4.78, 5) is 4.42. The van der Waals surface area contributed by atoms with Gasteiger partial charge in [-0.3, -0.25) is 5.10 Å². The van der Waals surface area contributed by atoms with E-state index in [1.807, 2.05) is 19.1 Å². The van der Waals surface area contributed by atoms with Crippen LogP contribution in [0.25, 0.3) is 0 Å². The minimum absolute atomic E-state index is 0.186. The van der Waals surface area contributed by atoms with Gasteiger partial charge in [-0.1, -0.05) is 12.1 Å². The van der Waals surface area contributed by atoms with Gasteiger partial charge in [0.2, 0.25) is 0 Å². The zero-order valence-corrected chi connectivity index (χ0v) is 14.7. The second-order valence-electron chi connectivity index (χ2n) is 5.65. The molecule has 0 fully saturated rings. The van der Waals surface area contributed by atoms with Crippen LogP contribution in [0, 0.1) is 6.92 Å². The summed E-state index contributed by atoms with van der Waals surface area (Å²) in [6, 6.07) is 6.96. The Morgan fingerprint density at radius 3 is 2.73 bits per heavy atom. The molecule has 0 saturated heterocycles. The average Bonchev–Trinajstić information content (AvgIpc) is 3.09. The van der Waals surface area contributed by atoms with Crippen molar-refractivity contribution in [3.63, 3.8) is 0 Å². The van der Waals surface area contributed by atoms with Gasteiger partial charge in [0.15, 0.2) is 12.6 Å². The normalized spacial score (nSPS) is 12.1. The van der Waals surface area contributed by atoms with Gasteiger partial charge in [-0.05, 0) is 31.5 Å². The lowest BCUT2D eigenvalue weighted by atomic mass is 10.1. The quantitative estimate of drug-likeness (QED) is 0.518. The van der Waals surface area contributed by atoms with Gasteiger partial charge in [-0.2, -0.15) is 18.3 Å². The number of aromatic amines is 1. The summed E-state index contributed by atoms with van der Waals surface area (Å²) in [7, 11) is 0. The van der Waals surface area contributed by atoms with E-state index in [4.69, 9.17) is 4.74 Å². The number of aryl methyl sites for hydroxylation is 1. The molecule has 0 bridgehead atoms. The number of H-pyrrole nitrogens is 1. The van der Waals surface area contributed by atoms with Crippen molar-refractivity contribution in [2.45, 2.75) is 33.1 Å². The summed E-state index contributed by atoms with van der Waals surface area (Å²) in [5.41, 5.74) is 2.29. The summed E-state index contributed by atoms with van der Waals surface area (Å²) < 4.78 is 42.3. The van der Waals surface area contributed by atoms with Gasteiger partial charge in [-0.15, -0.1) is 0 Å². The third-order valence-corrected chi connectivity index (χ3v) is 3.37. The van der Waals surface area contributed by atoms with Crippen molar-refractivity contribution in [1.82, 2.24) is 20.8 Å². The molecule has 0 atom stereocenters. The summed E-state index contributed by atoms with van der Waals surface area (Å²) in [6.45, 7) is 3.73. The number of nitrogens with zero attached hydrogens (tertiary/aromatic N) is 2. The number of guanidine groups is 1. The van der Waals surface area contributed by atoms with Crippen molar-refractivity contribution in [2.24, 2.45) is 4.99 Å². The minimum Gasteiger partial charge on any atom is -0.484 e. The van der Waals surface area contributed by atoms with Crippen LogP contribution < -0.4 is 15.4 Å². The highest BCUT2D eigenvalue weighted by Gasteiger charge is 2.28. The number of halogens is 3. The first kappa shape index (κ1) is 19.6. The molecule has 9 heteroatoms. The molecule has 0 aliphatic rings. The minimum atomic E-state index is -4.38.